The quantitative estimate of drug-likeness (QED) is 0.611. The fourth-order valence-electron chi connectivity index (χ4n) is 3.68. The van der Waals surface area contributed by atoms with Crippen molar-refractivity contribution in [3.63, 3.8) is 0 Å². The lowest BCUT2D eigenvalue weighted by atomic mass is 10.2. The van der Waals surface area contributed by atoms with Crippen molar-refractivity contribution in [3.05, 3.63) is 60.7 Å². The molecule has 25 heavy (non-hydrogen) atoms. The summed E-state index contributed by atoms with van der Waals surface area (Å²) in [4.78, 5) is 11.4. The van der Waals surface area contributed by atoms with Gasteiger partial charge in [0.15, 0.2) is 0 Å². The van der Waals surface area contributed by atoms with Gasteiger partial charge in [-0.1, -0.05) is 81.4 Å². The zero-order chi connectivity index (χ0) is 17.9. The van der Waals surface area contributed by atoms with E-state index < -0.39 is 8.32 Å². The number of cyclic esters (lactones) is 1. The summed E-state index contributed by atoms with van der Waals surface area (Å²) in [5.41, 5.74) is 0. The summed E-state index contributed by atoms with van der Waals surface area (Å²) in [6.45, 7) is 7.21. The van der Waals surface area contributed by atoms with Gasteiger partial charge in [-0.15, -0.1) is 0 Å². The summed E-state index contributed by atoms with van der Waals surface area (Å²) in [5.74, 6) is -0.115. The Morgan fingerprint density at radius 2 is 1.52 bits per heavy atom. The van der Waals surface area contributed by atoms with Gasteiger partial charge in [0, 0.05) is 6.42 Å². The van der Waals surface area contributed by atoms with Crippen molar-refractivity contribution in [1.29, 1.82) is 0 Å². The van der Waals surface area contributed by atoms with Gasteiger partial charge in [0.05, 0.1) is 6.61 Å². The van der Waals surface area contributed by atoms with Gasteiger partial charge in [-0.25, -0.2) is 0 Å². The van der Waals surface area contributed by atoms with Gasteiger partial charge in [0.2, 0.25) is 0 Å². The first-order valence-corrected chi connectivity index (χ1v) is 10.8. The number of hydrogen-bond donors (Lipinski definition) is 0. The maximum Gasteiger partial charge on any atom is 0.306 e. The van der Waals surface area contributed by atoms with Gasteiger partial charge in [-0.05, 0) is 21.8 Å². The lowest BCUT2D eigenvalue weighted by molar-refractivity contribution is -0.142. The fraction of sp³-hybridized carbons (Fsp3) is 0.381. The molecule has 132 valence electrons. The minimum atomic E-state index is -2.53. The Hall–Kier alpha value is -1.91. The van der Waals surface area contributed by atoms with E-state index in [0.29, 0.717) is 13.0 Å². The fourth-order valence-corrected chi connectivity index (χ4v) is 8.27. The summed E-state index contributed by atoms with van der Waals surface area (Å²) in [6, 6.07) is 21.1. The number of esters is 1. The van der Waals surface area contributed by atoms with Gasteiger partial charge in [0.25, 0.3) is 8.32 Å². The zero-order valence-corrected chi connectivity index (χ0v) is 16.2. The van der Waals surface area contributed by atoms with Gasteiger partial charge in [0.1, 0.15) is 6.10 Å². The molecule has 1 saturated heterocycles. The van der Waals surface area contributed by atoms with Crippen molar-refractivity contribution in [2.75, 3.05) is 6.61 Å². The molecule has 0 radical (unpaired) electrons. The van der Waals surface area contributed by atoms with Crippen LogP contribution in [-0.4, -0.2) is 27.0 Å². The van der Waals surface area contributed by atoms with Crippen LogP contribution in [-0.2, 0) is 14.0 Å². The summed E-state index contributed by atoms with van der Waals surface area (Å²) in [6.07, 6.45) is 1.11. The highest BCUT2D eigenvalue weighted by Gasteiger charge is 2.50. The van der Waals surface area contributed by atoms with E-state index in [0.717, 1.165) is 6.42 Å². The second kappa shape index (κ2) is 7.14. The van der Waals surface area contributed by atoms with Crippen LogP contribution < -0.4 is 10.4 Å². The largest absolute Gasteiger partial charge is 0.460 e. The average molecular weight is 355 g/mol. The first-order valence-electron chi connectivity index (χ1n) is 8.88. The summed E-state index contributed by atoms with van der Waals surface area (Å²) < 4.78 is 12.2. The van der Waals surface area contributed by atoms with E-state index in [9.17, 15) is 4.79 Å². The molecule has 0 bridgehead atoms. The first-order chi connectivity index (χ1) is 11.9. The molecule has 1 atom stereocenters. The second-order valence-corrected chi connectivity index (χ2v) is 11.9. The highest BCUT2D eigenvalue weighted by molar-refractivity contribution is 6.99. The number of ether oxygens (including phenoxy) is 1. The number of carbonyl (C=O) groups excluding carboxylic acids is 1. The first kappa shape index (κ1) is 17.9. The van der Waals surface area contributed by atoms with Gasteiger partial charge in [-0.2, -0.15) is 0 Å². The van der Waals surface area contributed by atoms with Crippen LogP contribution in [0.25, 0.3) is 0 Å². The lowest BCUT2D eigenvalue weighted by Gasteiger charge is -2.43. The van der Waals surface area contributed by atoms with E-state index >= 15 is 0 Å². The topological polar surface area (TPSA) is 35.5 Å². The van der Waals surface area contributed by atoms with Crippen LogP contribution >= 0.6 is 0 Å². The summed E-state index contributed by atoms with van der Waals surface area (Å²) >= 11 is 0. The van der Waals surface area contributed by atoms with E-state index in [1.165, 1.54) is 10.4 Å². The van der Waals surface area contributed by atoms with E-state index in [1.54, 1.807) is 0 Å². The average Bonchev–Trinajstić information content (AvgIpc) is 3.02. The molecule has 0 N–H and O–H groups in total. The Balaban J connectivity index is 2.04. The highest BCUT2D eigenvalue weighted by atomic mass is 28.4. The third-order valence-electron chi connectivity index (χ3n) is 4.87. The lowest BCUT2D eigenvalue weighted by Crippen LogP contribution is -2.67. The molecule has 0 aromatic heterocycles. The summed E-state index contributed by atoms with van der Waals surface area (Å²) in [5, 5.41) is 2.44. The SMILES string of the molecule is CC(C)(C)[Si](OCC1CCC(=O)O1)(c1ccccc1)c1ccccc1. The molecule has 0 aliphatic carbocycles. The van der Waals surface area contributed by atoms with E-state index in [2.05, 4.69) is 69.3 Å². The third-order valence-corrected chi connectivity index (χ3v) is 9.88. The molecule has 1 aliphatic heterocycles. The molecule has 0 spiro atoms. The molecular weight excluding hydrogens is 328 g/mol. The maximum absolute atomic E-state index is 11.4. The van der Waals surface area contributed by atoms with Crippen LogP contribution in [0.2, 0.25) is 5.04 Å². The maximum atomic E-state index is 11.4. The third kappa shape index (κ3) is 3.55. The monoisotopic (exact) mass is 354 g/mol. The predicted octanol–water partition coefficient (Wildman–Crippen LogP) is 3.27. The van der Waals surface area contributed by atoms with Crippen LogP contribution in [0, 0.1) is 0 Å². The van der Waals surface area contributed by atoms with Crippen molar-refractivity contribution >= 4 is 24.7 Å². The Morgan fingerprint density at radius 3 is 1.92 bits per heavy atom. The molecule has 2 aromatic carbocycles. The molecule has 1 aliphatic rings. The number of hydrogen-bond acceptors (Lipinski definition) is 3. The molecule has 3 rings (SSSR count). The second-order valence-electron chi connectivity index (χ2n) is 7.62. The van der Waals surface area contributed by atoms with E-state index in [4.69, 9.17) is 9.16 Å². The highest BCUT2D eigenvalue weighted by Crippen LogP contribution is 2.37. The predicted molar refractivity (Wildman–Crippen MR) is 103 cm³/mol. The molecule has 1 unspecified atom stereocenters. The molecule has 2 aromatic rings. The Kier molecular flexibility index (Phi) is 5.11. The van der Waals surface area contributed by atoms with Crippen LogP contribution in [0.4, 0.5) is 0 Å². The normalized spacial score (nSPS) is 18.2. The van der Waals surface area contributed by atoms with Crippen LogP contribution in [0.1, 0.15) is 33.6 Å². The summed E-state index contributed by atoms with van der Waals surface area (Å²) in [7, 11) is -2.53. The van der Waals surface area contributed by atoms with E-state index in [-0.39, 0.29) is 17.1 Å². The van der Waals surface area contributed by atoms with Crippen LogP contribution in [0.15, 0.2) is 60.7 Å². The Morgan fingerprint density at radius 1 is 1.00 bits per heavy atom. The minimum Gasteiger partial charge on any atom is -0.460 e. The van der Waals surface area contributed by atoms with Gasteiger partial charge in [-0.3, -0.25) is 4.79 Å². The molecule has 3 nitrogen and oxygen atoms in total. The van der Waals surface area contributed by atoms with Gasteiger partial charge >= 0.3 is 5.97 Å². The standard InChI is InChI=1S/C21H26O3Si/c1-21(2,3)25(18-10-6-4-7-11-18,19-12-8-5-9-13-19)23-16-17-14-15-20(22)24-17/h4-13,17H,14-16H2,1-3H3. The smallest absolute Gasteiger partial charge is 0.306 e. The number of carbonyl (C=O) groups is 1. The van der Waals surface area contributed by atoms with Crippen LogP contribution in [0.5, 0.6) is 0 Å². The van der Waals surface area contributed by atoms with Crippen molar-refractivity contribution in [2.45, 2.75) is 44.8 Å². The Bertz CT molecular complexity index is 667. The van der Waals surface area contributed by atoms with Crippen molar-refractivity contribution < 1.29 is 14.0 Å². The minimum absolute atomic E-state index is 0.0572. The van der Waals surface area contributed by atoms with Crippen molar-refractivity contribution in [3.8, 4) is 0 Å². The van der Waals surface area contributed by atoms with Crippen molar-refractivity contribution in [1.82, 2.24) is 0 Å². The molecule has 1 fully saturated rings. The van der Waals surface area contributed by atoms with Crippen molar-refractivity contribution in [2.24, 2.45) is 0 Å². The molecule has 0 amide bonds. The Labute approximate surface area is 151 Å². The molecular formula is C21H26O3Si. The number of rotatable bonds is 5. The zero-order valence-electron chi connectivity index (χ0n) is 15.2. The molecule has 4 heteroatoms. The molecule has 0 saturated carbocycles. The van der Waals surface area contributed by atoms with Crippen LogP contribution in [0.3, 0.4) is 0 Å². The number of benzene rings is 2. The molecule has 1 heterocycles. The van der Waals surface area contributed by atoms with Gasteiger partial charge < -0.3 is 9.16 Å². The van der Waals surface area contributed by atoms with E-state index in [1.807, 2.05) is 12.1 Å².